The van der Waals surface area contributed by atoms with Crippen molar-refractivity contribution >= 4 is 24.5 Å². The smallest absolute Gasteiger partial charge is 0.410 e. The third kappa shape index (κ3) is 8.83. The number of ether oxygens (including phenoxy) is 1. The molecule has 0 spiro atoms. The van der Waals surface area contributed by atoms with E-state index >= 15 is 0 Å². The van der Waals surface area contributed by atoms with E-state index in [4.69, 9.17) is 13.3 Å². The van der Waals surface area contributed by atoms with Crippen molar-refractivity contribution in [3.8, 4) is 0 Å². The molecule has 1 fully saturated rings. The molecule has 1 aliphatic heterocycles. The van der Waals surface area contributed by atoms with Crippen molar-refractivity contribution in [2.24, 2.45) is 0 Å². The lowest BCUT2D eigenvalue weighted by Gasteiger charge is -2.38. The number of carbonyl (C=O) groups excluding carboxylic acids is 1. The Morgan fingerprint density at radius 3 is 2.25 bits per heavy atom. The summed E-state index contributed by atoms with van der Waals surface area (Å²) in [6.07, 6.45) is -0.430. The monoisotopic (exact) mass is 543 g/mol. The third-order valence-corrected chi connectivity index (χ3v) is 12.7. The Balaban J connectivity index is 2.03. The van der Waals surface area contributed by atoms with Gasteiger partial charge < -0.3 is 19.2 Å². The number of rotatable bonds is 9. The third-order valence-electron chi connectivity index (χ3n) is 6.81. The first-order valence-electron chi connectivity index (χ1n) is 12.6. The number of carbonyl (C=O) groups is 1. The summed E-state index contributed by atoms with van der Waals surface area (Å²) in [5, 5.41) is 10.7. The minimum Gasteiger partial charge on any atom is -0.444 e. The van der Waals surface area contributed by atoms with Crippen LogP contribution in [0.4, 0.5) is 4.79 Å². The van der Waals surface area contributed by atoms with Gasteiger partial charge in [0.25, 0.3) is 10.1 Å². The molecule has 1 N–H and O–H groups in total. The fourth-order valence-electron chi connectivity index (χ4n) is 3.82. The van der Waals surface area contributed by atoms with Crippen LogP contribution in [0.1, 0.15) is 66.4 Å². The number of aryl methyl sites for hydroxylation is 1. The molecule has 0 saturated carbocycles. The van der Waals surface area contributed by atoms with Gasteiger partial charge in [0.2, 0.25) is 0 Å². The lowest BCUT2D eigenvalue weighted by atomic mass is 10.0. The maximum absolute atomic E-state index is 13.0. The van der Waals surface area contributed by atoms with E-state index in [2.05, 4.69) is 33.9 Å². The van der Waals surface area contributed by atoms with Gasteiger partial charge >= 0.3 is 6.09 Å². The number of likely N-dealkylation sites (tertiary alicyclic amines) is 1. The van der Waals surface area contributed by atoms with Gasteiger partial charge in [0.1, 0.15) is 5.60 Å². The van der Waals surface area contributed by atoms with Crippen molar-refractivity contribution < 1.29 is 31.7 Å². The molecule has 1 aliphatic rings. The lowest BCUT2D eigenvalue weighted by Crippen LogP contribution is -2.45. The summed E-state index contributed by atoms with van der Waals surface area (Å²) in [6, 6.07) is 6.14. The maximum atomic E-state index is 13.0. The number of aliphatic hydroxyl groups excluding tert-OH is 1. The molecule has 3 atom stereocenters. The Morgan fingerprint density at radius 2 is 1.72 bits per heavy atom. The van der Waals surface area contributed by atoms with E-state index in [0.29, 0.717) is 13.0 Å². The van der Waals surface area contributed by atoms with Gasteiger partial charge in [-0.1, -0.05) is 38.5 Å². The zero-order valence-corrected chi connectivity index (χ0v) is 25.1. The average molecular weight is 544 g/mol. The fraction of sp³-hybridized carbons (Fsp3) is 0.731. The summed E-state index contributed by atoms with van der Waals surface area (Å²) in [5.74, 6) is 0. The highest BCUT2D eigenvalue weighted by molar-refractivity contribution is 7.86. The predicted molar refractivity (Wildman–Crippen MR) is 143 cm³/mol. The summed E-state index contributed by atoms with van der Waals surface area (Å²) in [4.78, 5) is 14.7. The van der Waals surface area contributed by atoms with E-state index in [0.717, 1.165) is 5.56 Å². The van der Waals surface area contributed by atoms with Crippen LogP contribution < -0.4 is 0 Å². The van der Waals surface area contributed by atoms with Crippen molar-refractivity contribution in [3.05, 3.63) is 29.8 Å². The molecule has 0 aromatic heterocycles. The highest BCUT2D eigenvalue weighted by Gasteiger charge is 2.44. The molecule has 1 heterocycles. The minimum absolute atomic E-state index is 0.0294. The molecule has 206 valence electrons. The second-order valence-corrected chi connectivity index (χ2v) is 18.7. The number of benzene rings is 1. The molecule has 10 heteroatoms. The Morgan fingerprint density at radius 1 is 1.14 bits per heavy atom. The van der Waals surface area contributed by atoms with Crippen LogP contribution in [0, 0.1) is 6.92 Å². The van der Waals surface area contributed by atoms with E-state index in [9.17, 15) is 18.3 Å². The standard InChI is InChI=1S/C26H45NO7SSi/c1-19-10-12-23(13-11-19)35(30,31)32-15-14-21(28)16-20-17-22(34-36(8,9)26(5,6)7)18-27(20)24(29)33-25(2,3)4/h10-13,20-22,28H,14-18H2,1-9H3/t20-,21-,22-/m1/s1. The number of hydrogen-bond acceptors (Lipinski definition) is 7. The number of aliphatic hydroxyl groups is 1. The van der Waals surface area contributed by atoms with Gasteiger partial charge in [-0.05, 0) is 77.2 Å². The molecule has 1 aromatic rings. The van der Waals surface area contributed by atoms with E-state index in [1.807, 2.05) is 27.7 Å². The fourth-order valence-corrected chi connectivity index (χ4v) is 6.10. The quantitative estimate of drug-likeness (QED) is 0.336. The Bertz CT molecular complexity index is 981. The summed E-state index contributed by atoms with van der Waals surface area (Å²) < 4.78 is 42.2. The van der Waals surface area contributed by atoms with Gasteiger partial charge in [-0.25, -0.2) is 4.79 Å². The SMILES string of the molecule is Cc1ccc(S(=O)(=O)OCC[C@@H](O)C[C@@H]2C[C@@H](O[Si](C)(C)C(C)(C)C)CN2C(=O)OC(C)(C)C)cc1. The number of hydrogen-bond donors (Lipinski definition) is 1. The van der Waals surface area contributed by atoms with E-state index < -0.39 is 36.2 Å². The average Bonchev–Trinajstić information content (AvgIpc) is 3.07. The van der Waals surface area contributed by atoms with Gasteiger partial charge in [0.05, 0.1) is 23.7 Å². The second-order valence-electron chi connectivity index (χ2n) is 12.3. The topological polar surface area (TPSA) is 102 Å². The molecule has 36 heavy (non-hydrogen) atoms. The molecule has 0 aliphatic carbocycles. The normalized spacial score (nSPS) is 20.4. The van der Waals surface area contributed by atoms with Gasteiger partial charge in [0, 0.05) is 12.6 Å². The van der Waals surface area contributed by atoms with Crippen LogP contribution in [0.2, 0.25) is 18.1 Å². The van der Waals surface area contributed by atoms with Crippen molar-refractivity contribution in [1.29, 1.82) is 0 Å². The number of amides is 1. The van der Waals surface area contributed by atoms with Crippen LogP contribution in [0.15, 0.2) is 29.2 Å². The predicted octanol–water partition coefficient (Wildman–Crippen LogP) is 5.24. The Hall–Kier alpha value is -1.46. The summed E-state index contributed by atoms with van der Waals surface area (Å²) in [7, 11) is -5.96. The molecule has 8 nitrogen and oxygen atoms in total. The van der Waals surface area contributed by atoms with Crippen molar-refractivity contribution in [3.63, 3.8) is 0 Å². The van der Waals surface area contributed by atoms with Gasteiger partial charge in [-0.2, -0.15) is 8.42 Å². The summed E-state index contributed by atoms with van der Waals surface area (Å²) in [5.41, 5.74) is 0.308. The second kappa shape index (κ2) is 11.5. The first kappa shape index (κ1) is 30.8. The summed E-state index contributed by atoms with van der Waals surface area (Å²) in [6.45, 7) is 18.5. The molecule has 0 unspecified atom stereocenters. The highest BCUT2D eigenvalue weighted by Crippen LogP contribution is 2.39. The van der Waals surface area contributed by atoms with E-state index in [-0.39, 0.29) is 41.5 Å². The zero-order chi connectivity index (χ0) is 27.5. The Kier molecular flexibility index (Phi) is 9.84. The van der Waals surface area contributed by atoms with Crippen molar-refractivity contribution in [2.75, 3.05) is 13.2 Å². The van der Waals surface area contributed by atoms with Crippen LogP contribution in [0.3, 0.4) is 0 Å². The van der Waals surface area contributed by atoms with Crippen molar-refractivity contribution in [2.45, 2.75) is 115 Å². The lowest BCUT2D eigenvalue weighted by molar-refractivity contribution is 0.0160. The van der Waals surface area contributed by atoms with Crippen LogP contribution in [0.5, 0.6) is 0 Å². The summed E-state index contributed by atoms with van der Waals surface area (Å²) >= 11 is 0. The van der Waals surface area contributed by atoms with E-state index in [1.165, 1.54) is 12.1 Å². The molecular formula is C26H45NO7SSi. The van der Waals surface area contributed by atoms with Gasteiger partial charge in [0.15, 0.2) is 8.32 Å². The van der Waals surface area contributed by atoms with Gasteiger partial charge in [-0.3, -0.25) is 4.18 Å². The molecule has 0 radical (unpaired) electrons. The van der Waals surface area contributed by atoms with Crippen LogP contribution in [-0.4, -0.2) is 69.8 Å². The van der Waals surface area contributed by atoms with Crippen LogP contribution in [0.25, 0.3) is 0 Å². The molecule has 1 saturated heterocycles. The zero-order valence-electron chi connectivity index (χ0n) is 23.3. The molecule has 1 aromatic carbocycles. The molecular weight excluding hydrogens is 498 g/mol. The molecule has 2 rings (SSSR count). The van der Waals surface area contributed by atoms with Crippen LogP contribution in [-0.2, 0) is 23.5 Å². The van der Waals surface area contributed by atoms with Gasteiger partial charge in [-0.15, -0.1) is 0 Å². The van der Waals surface area contributed by atoms with Crippen LogP contribution >= 0.6 is 0 Å². The first-order chi connectivity index (χ1) is 16.3. The largest absolute Gasteiger partial charge is 0.444 e. The first-order valence-corrected chi connectivity index (χ1v) is 16.9. The highest BCUT2D eigenvalue weighted by atomic mass is 32.2. The molecule has 1 amide bonds. The van der Waals surface area contributed by atoms with E-state index in [1.54, 1.807) is 17.0 Å². The molecule has 0 bridgehead atoms. The number of nitrogens with zero attached hydrogens (tertiary/aromatic N) is 1. The van der Waals surface area contributed by atoms with Crippen molar-refractivity contribution in [1.82, 2.24) is 4.90 Å². The maximum Gasteiger partial charge on any atom is 0.410 e. The Labute approximate surface area is 218 Å². The minimum atomic E-state index is -3.90.